The predicted molar refractivity (Wildman–Crippen MR) is 58.0 cm³/mol. The van der Waals surface area contributed by atoms with E-state index in [9.17, 15) is 4.79 Å². The van der Waals surface area contributed by atoms with Crippen LogP contribution in [0.25, 0.3) is 0 Å². The third-order valence-corrected chi connectivity index (χ3v) is 2.23. The van der Waals surface area contributed by atoms with E-state index in [1.807, 2.05) is 12.1 Å². The van der Waals surface area contributed by atoms with Crippen molar-refractivity contribution in [3.05, 3.63) is 34.9 Å². The Kier molecular flexibility index (Phi) is 4.75. The molecule has 0 saturated heterocycles. The maximum Gasteiger partial charge on any atom is 0.217 e. The molecule has 15 heavy (non-hydrogen) atoms. The molecule has 0 bridgehead atoms. The molecule has 0 fully saturated rings. The fraction of sp³-hybridized carbons (Fsp3) is 0.364. The third kappa shape index (κ3) is 3.63. The van der Waals surface area contributed by atoms with E-state index in [0.717, 1.165) is 5.56 Å². The zero-order chi connectivity index (χ0) is 11.3. The standard InChI is InChI=1S/C11H13ClO3/c1-14-11(15-2)10(13)7-8-3-5-9(12)6-4-8/h3-6,11H,7H2,1-2H3. The number of rotatable bonds is 5. The molecule has 0 amide bonds. The van der Waals surface area contributed by atoms with Gasteiger partial charge in [-0.1, -0.05) is 23.7 Å². The number of Topliss-reactive ketones (excluding diaryl/α,β-unsaturated/α-hetero) is 1. The molecule has 1 rings (SSSR count). The second kappa shape index (κ2) is 5.85. The Morgan fingerprint density at radius 2 is 1.80 bits per heavy atom. The molecule has 0 aliphatic rings. The maximum absolute atomic E-state index is 11.6. The van der Waals surface area contributed by atoms with Crippen molar-refractivity contribution in [2.45, 2.75) is 12.7 Å². The van der Waals surface area contributed by atoms with Crippen LogP contribution >= 0.6 is 11.6 Å². The lowest BCUT2D eigenvalue weighted by Gasteiger charge is -2.11. The summed E-state index contributed by atoms with van der Waals surface area (Å²) < 4.78 is 9.72. The molecule has 82 valence electrons. The number of carbonyl (C=O) groups excluding carboxylic acids is 1. The summed E-state index contributed by atoms with van der Waals surface area (Å²) in [6.07, 6.45) is -0.510. The van der Waals surface area contributed by atoms with Gasteiger partial charge in [-0.2, -0.15) is 0 Å². The van der Waals surface area contributed by atoms with E-state index in [2.05, 4.69) is 0 Å². The van der Waals surface area contributed by atoms with Gasteiger partial charge in [0.2, 0.25) is 6.29 Å². The first-order valence-corrected chi connectivity index (χ1v) is 4.88. The highest BCUT2D eigenvalue weighted by Gasteiger charge is 2.16. The minimum absolute atomic E-state index is 0.109. The summed E-state index contributed by atoms with van der Waals surface area (Å²) in [6, 6.07) is 7.11. The molecule has 0 heterocycles. The summed E-state index contributed by atoms with van der Waals surface area (Å²) in [5.74, 6) is -0.109. The molecule has 0 radical (unpaired) electrons. The maximum atomic E-state index is 11.6. The Hall–Kier alpha value is -0.900. The molecule has 1 aromatic rings. The summed E-state index contributed by atoms with van der Waals surface area (Å²) in [4.78, 5) is 11.6. The molecule has 0 aliphatic carbocycles. The first kappa shape index (κ1) is 12.2. The molecule has 4 heteroatoms. The Labute approximate surface area is 93.9 Å². The molecule has 0 aromatic heterocycles. The number of halogens is 1. The number of hydrogen-bond donors (Lipinski definition) is 0. The van der Waals surface area contributed by atoms with E-state index in [-0.39, 0.29) is 12.2 Å². The number of ketones is 1. The van der Waals surface area contributed by atoms with Crippen LogP contribution in [0.3, 0.4) is 0 Å². The highest BCUT2D eigenvalue weighted by molar-refractivity contribution is 6.30. The lowest BCUT2D eigenvalue weighted by molar-refractivity contribution is -0.155. The Bertz CT molecular complexity index is 317. The number of carbonyl (C=O) groups is 1. The average Bonchev–Trinajstić information content (AvgIpc) is 2.23. The van der Waals surface area contributed by atoms with Crippen molar-refractivity contribution in [1.82, 2.24) is 0 Å². The van der Waals surface area contributed by atoms with Crippen LogP contribution in [-0.4, -0.2) is 26.3 Å². The summed E-state index contributed by atoms with van der Waals surface area (Å²) in [6.45, 7) is 0. The van der Waals surface area contributed by atoms with Crippen LogP contribution in [0.5, 0.6) is 0 Å². The van der Waals surface area contributed by atoms with E-state index in [4.69, 9.17) is 21.1 Å². The zero-order valence-corrected chi connectivity index (χ0v) is 9.45. The number of benzene rings is 1. The van der Waals surface area contributed by atoms with Crippen LogP contribution in [0.4, 0.5) is 0 Å². The predicted octanol–water partition coefficient (Wildman–Crippen LogP) is 2.07. The largest absolute Gasteiger partial charge is 0.349 e. The minimum atomic E-state index is -0.791. The van der Waals surface area contributed by atoms with E-state index < -0.39 is 6.29 Å². The van der Waals surface area contributed by atoms with E-state index in [1.54, 1.807) is 12.1 Å². The molecule has 3 nitrogen and oxygen atoms in total. The van der Waals surface area contributed by atoms with Gasteiger partial charge in [0, 0.05) is 25.7 Å². The highest BCUT2D eigenvalue weighted by Crippen LogP contribution is 2.11. The molecule has 0 N–H and O–H groups in total. The fourth-order valence-corrected chi connectivity index (χ4v) is 1.37. The van der Waals surface area contributed by atoms with Crippen molar-refractivity contribution in [2.24, 2.45) is 0 Å². The van der Waals surface area contributed by atoms with Crippen molar-refractivity contribution < 1.29 is 14.3 Å². The van der Waals surface area contributed by atoms with Crippen LogP contribution in [0.1, 0.15) is 5.56 Å². The molecular weight excluding hydrogens is 216 g/mol. The normalized spacial score (nSPS) is 10.7. The Balaban J connectivity index is 2.61. The van der Waals surface area contributed by atoms with Crippen molar-refractivity contribution in [2.75, 3.05) is 14.2 Å². The lowest BCUT2D eigenvalue weighted by Crippen LogP contribution is -2.26. The SMILES string of the molecule is COC(OC)C(=O)Cc1ccc(Cl)cc1. The van der Waals surface area contributed by atoms with Gasteiger partial charge >= 0.3 is 0 Å². The molecule has 0 saturated carbocycles. The smallest absolute Gasteiger partial charge is 0.217 e. The van der Waals surface area contributed by atoms with Gasteiger partial charge in [0.15, 0.2) is 5.78 Å². The highest BCUT2D eigenvalue weighted by atomic mass is 35.5. The van der Waals surface area contributed by atoms with Crippen LogP contribution < -0.4 is 0 Å². The van der Waals surface area contributed by atoms with Crippen molar-refractivity contribution in [3.8, 4) is 0 Å². The molecular formula is C11H13ClO3. The van der Waals surface area contributed by atoms with Crippen LogP contribution in [0.15, 0.2) is 24.3 Å². The molecule has 0 unspecified atom stereocenters. The summed E-state index contributed by atoms with van der Waals surface area (Å²) >= 11 is 5.73. The van der Waals surface area contributed by atoms with Crippen molar-refractivity contribution >= 4 is 17.4 Å². The number of hydrogen-bond acceptors (Lipinski definition) is 3. The van der Waals surface area contributed by atoms with Crippen LogP contribution in [0, 0.1) is 0 Å². The Morgan fingerprint density at radius 1 is 1.27 bits per heavy atom. The summed E-state index contributed by atoms with van der Waals surface area (Å²) in [5, 5.41) is 0.654. The third-order valence-electron chi connectivity index (χ3n) is 1.98. The van der Waals surface area contributed by atoms with Gasteiger partial charge in [-0.3, -0.25) is 4.79 Å². The quantitative estimate of drug-likeness (QED) is 0.724. The van der Waals surface area contributed by atoms with Crippen molar-refractivity contribution in [3.63, 3.8) is 0 Å². The molecule has 0 aliphatic heterocycles. The van der Waals surface area contributed by atoms with Gasteiger partial charge in [-0.05, 0) is 17.7 Å². The van der Waals surface area contributed by atoms with Crippen LogP contribution in [-0.2, 0) is 20.7 Å². The fourth-order valence-electron chi connectivity index (χ4n) is 1.25. The molecule has 0 spiro atoms. The topological polar surface area (TPSA) is 35.5 Å². The lowest BCUT2D eigenvalue weighted by atomic mass is 10.1. The summed E-state index contributed by atoms with van der Waals surface area (Å²) in [7, 11) is 2.88. The van der Waals surface area contributed by atoms with Gasteiger partial charge in [0.1, 0.15) is 0 Å². The second-order valence-corrected chi connectivity index (χ2v) is 3.51. The second-order valence-electron chi connectivity index (χ2n) is 3.07. The first-order chi connectivity index (χ1) is 7.17. The number of ether oxygens (including phenoxy) is 2. The van der Waals surface area contributed by atoms with Crippen LogP contribution in [0.2, 0.25) is 5.02 Å². The van der Waals surface area contributed by atoms with E-state index in [1.165, 1.54) is 14.2 Å². The Morgan fingerprint density at radius 3 is 2.27 bits per heavy atom. The van der Waals surface area contributed by atoms with Gasteiger partial charge in [-0.25, -0.2) is 0 Å². The van der Waals surface area contributed by atoms with E-state index in [0.29, 0.717) is 5.02 Å². The molecule has 0 atom stereocenters. The average molecular weight is 229 g/mol. The first-order valence-electron chi connectivity index (χ1n) is 4.50. The minimum Gasteiger partial charge on any atom is -0.349 e. The number of methoxy groups -OCH3 is 2. The van der Waals surface area contributed by atoms with Gasteiger partial charge in [0.25, 0.3) is 0 Å². The van der Waals surface area contributed by atoms with Gasteiger partial charge in [0.05, 0.1) is 0 Å². The van der Waals surface area contributed by atoms with Gasteiger partial charge in [-0.15, -0.1) is 0 Å². The van der Waals surface area contributed by atoms with Gasteiger partial charge < -0.3 is 9.47 Å². The zero-order valence-electron chi connectivity index (χ0n) is 8.70. The van der Waals surface area contributed by atoms with Crippen molar-refractivity contribution in [1.29, 1.82) is 0 Å². The summed E-state index contributed by atoms with van der Waals surface area (Å²) in [5.41, 5.74) is 0.892. The van der Waals surface area contributed by atoms with E-state index >= 15 is 0 Å². The monoisotopic (exact) mass is 228 g/mol. The molecule has 1 aromatic carbocycles.